The zero-order valence-electron chi connectivity index (χ0n) is 11.7. The van der Waals surface area contributed by atoms with E-state index in [1.807, 2.05) is 11.8 Å². The van der Waals surface area contributed by atoms with Gasteiger partial charge < -0.3 is 10.1 Å². The molecule has 1 N–H and O–H groups in total. The van der Waals surface area contributed by atoms with Crippen molar-refractivity contribution in [3.63, 3.8) is 0 Å². The third-order valence-electron chi connectivity index (χ3n) is 3.40. The fourth-order valence-corrected chi connectivity index (χ4v) is 3.27. The molecule has 1 aromatic rings. The van der Waals surface area contributed by atoms with E-state index in [9.17, 15) is 8.78 Å². The molecular formula is C15H21F2NOS. The monoisotopic (exact) mass is 301 g/mol. The van der Waals surface area contributed by atoms with Crippen LogP contribution < -0.4 is 5.32 Å². The zero-order chi connectivity index (χ0) is 14.4. The zero-order valence-corrected chi connectivity index (χ0v) is 12.5. The van der Waals surface area contributed by atoms with E-state index in [1.165, 1.54) is 12.1 Å². The standard InChI is InChI=1S/C15H21F2NOS/c1-2-5-18-14(15-10-20-7-6-19-15)8-11-3-4-12(16)9-13(11)17/h3-4,9,14-15,18H,2,5-8,10H2,1H3. The van der Waals surface area contributed by atoms with Gasteiger partial charge in [-0.1, -0.05) is 13.0 Å². The van der Waals surface area contributed by atoms with Crippen molar-refractivity contribution in [3.05, 3.63) is 35.4 Å². The molecule has 1 fully saturated rings. The lowest BCUT2D eigenvalue weighted by atomic mass is 10.0. The molecule has 2 atom stereocenters. The molecule has 0 spiro atoms. The summed E-state index contributed by atoms with van der Waals surface area (Å²) in [7, 11) is 0. The van der Waals surface area contributed by atoms with Crippen molar-refractivity contribution in [1.29, 1.82) is 0 Å². The van der Waals surface area contributed by atoms with Gasteiger partial charge in [-0.05, 0) is 31.0 Å². The minimum atomic E-state index is -0.534. The minimum absolute atomic E-state index is 0.0720. The molecule has 5 heteroatoms. The number of nitrogens with one attached hydrogen (secondary N) is 1. The first-order chi connectivity index (χ1) is 9.70. The molecule has 0 bridgehead atoms. The SMILES string of the molecule is CCCNC(Cc1ccc(F)cc1F)C1CSCCO1. The lowest BCUT2D eigenvalue weighted by Crippen LogP contribution is -2.46. The van der Waals surface area contributed by atoms with Gasteiger partial charge in [-0.25, -0.2) is 8.78 Å². The van der Waals surface area contributed by atoms with Gasteiger partial charge >= 0.3 is 0 Å². The maximum atomic E-state index is 13.8. The highest BCUT2D eigenvalue weighted by Crippen LogP contribution is 2.20. The molecule has 0 aromatic heterocycles. The fraction of sp³-hybridized carbons (Fsp3) is 0.600. The van der Waals surface area contributed by atoms with Gasteiger partial charge in [0.1, 0.15) is 11.6 Å². The van der Waals surface area contributed by atoms with Crippen molar-refractivity contribution in [3.8, 4) is 0 Å². The summed E-state index contributed by atoms with van der Waals surface area (Å²) in [4.78, 5) is 0. The van der Waals surface area contributed by atoms with Crippen LogP contribution in [0.4, 0.5) is 8.78 Å². The topological polar surface area (TPSA) is 21.3 Å². The number of benzene rings is 1. The fourth-order valence-electron chi connectivity index (χ4n) is 2.33. The van der Waals surface area contributed by atoms with Gasteiger partial charge in [0, 0.05) is 23.6 Å². The molecule has 20 heavy (non-hydrogen) atoms. The van der Waals surface area contributed by atoms with Gasteiger partial charge in [-0.2, -0.15) is 11.8 Å². The Hall–Kier alpha value is -0.650. The van der Waals surface area contributed by atoms with E-state index in [0.29, 0.717) is 12.0 Å². The molecule has 0 radical (unpaired) electrons. The number of rotatable bonds is 6. The first-order valence-electron chi connectivity index (χ1n) is 7.07. The number of halogens is 2. The smallest absolute Gasteiger partial charge is 0.129 e. The van der Waals surface area contributed by atoms with E-state index in [4.69, 9.17) is 4.74 Å². The molecule has 2 unspecified atom stereocenters. The Kier molecular flexibility index (Phi) is 6.26. The summed E-state index contributed by atoms with van der Waals surface area (Å²) in [6.07, 6.45) is 1.63. The van der Waals surface area contributed by atoms with Crippen LogP contribution in [0.2, 0.25) is 0 Å². The quantitative estimate of drug-likeness (QED) is 0.873. The molecule has 2 rings (SSSR count). The summed E-state index contributed by atoms with van der Waals surface area (Å²) in [6, 6.07) is 3.86. The lowest BCUT2D eigenvalue weighted by Gasteiger charge is -2.31. The van der Waals surface area contributed by atoms with Crippen molar-refractivity contribution in [2.45, 2.75) is 31.9 Å². The van der Waals surface area contributed by atoms with Crippen LogP contribution in [-0.4, -0.2) is 36.8 Å². The Balaban J connectivity index is 2.05. The van der Waals surface area contributed by atoms with E-state index in [0.717, 1.165) is 37.1 Å². The van der Waals surface area contributed by atoms with Crippen LogP contribution in [0.5, 0.6) is 0 Å². The Labute approximate surface area is 123 Å². The summed E-state index contributed by atoms with van der Waals surface area (Å²) in [5.74, 6) is 0.928. The van der Waals surface area contributed by atoms with E-state index in [-0.39, 0.29) is 12.1 Å². The Morgan fingerprint density at radius 3 is 2.95 bits per heavy atom. The highest BCUT2D eigenvalue weighted by Gasteiger charge is 2.25. The summed E-state index contributed by atoms with van der Waals surface area (Å²) < 4.78 is 32.5. The van der Waals surface area contributed by atoms with Crippen LogP contribution in [0, 0.1) is 11.6 Å². The first-order valence-corrected chi connectivity index (χ1v) is 8.23. The van der Waals surface area contributed by atoms with Crippen molar-refractivity contribution in [2.24, 2.45) is 0 Å². The minimum Gasteiger partial charge on any atom is -0.375 e. The predicted molar refractivity (Wildman–Crippen MR) is 79.2 cm³/mol. The Morgan fingerprint density at radius 1 is 1.45 bits per heavy atom. The summed E-state index contributed by atoms with van der Waals surface area (Å²) in [5, 5.41) is 3.43. The highest BCUT2D eigenvalue weighted by molar-refractivity contribution is 7.99. The van der Waals surface area contributed by atoms with Crippen LogP contribution >= 0.6 is 11.8 Å². The van der Waals surface area contributed by atoms with Gasteiger partial charge in [0.15, 0.2) is 0 Å². The molecule has 2 nitrogen and oxygen atoms in total. The van der Waals surface area contributed by atoms with Crippen LogP contribution in [0.1, 0.15) is 18.9 Å². The van der Waals surface area contributed by atoms with E-state index < -0.39 is 11.6 Å². The van der Waals surface area contributed by atoms with Crippen molar-refractivity contribution >= 4 is 11.8 Å². The maximum Gasteiger partial charge on any atom is 0.129 e. The lowest BCUT2D eigenvalue weighted by molar-refractivity contribution is 0.0470. The van der Waals surface area contributed by atoms with Gasteiger partial charge in [-0.3, -0.25) is 0 Å². The maximum absolute atomic E-state index is 13.8. The van der Waals surface area contributed by atoms with Crippen LogP contribution in [0.3, 0.4) is 0 Å². The van der Waals surface area contributed by atoms with Crippen LogP contribution in [0.15, 0.2) is 18.2 Å². The molecule has 0 saturated carbocycles. The summed E-state index contributed by atoms with van der Waals surface area (Å²) in [6.45, 7) is 3.71. The van der Waals surface area contributed by atoms with Gasteiger partial charge in [0.2, 0.25) is 0 Å². The number of thioether (sulfide) groups is 1. The molecule has 0 aliphatic carbocycles. The Morgan fingerprint density at radius 2 is 2.30 bits per heavy atom. The van der Waals surface area contributed by atoms with E-state index in [2.05, 4.69) is 12.2 Å². The molecule has 1 aliphatic rings. The van der Waals surface area contributed by atoms with Crippen LogP contribution in [0.25, 0.3) is 0 Å². The third-order valence-corrected chi connectivity index (χ3v) is 4.42. The van der Waals surface area contributed by atoms with Gasteiger partial charge in [0.05, 0.1) is 12.7 Å². The van der Waals surface area contributed by atoms with Gasteiger partial charge in [-0.15, -0.1) is 0 Å². The predicted octanol–water partition coefficient (Wildman–Crippen LogP) is 3.01. The summed E-state index contributed by atoms with van der Waals surface area (Å²) in [5.41, 5.74) is 0.541. The van der Waals surface area contributed by atoms with Gasteiger partial charge in [0.25, 0.3) is 0 Å². The second kappa shape index (κ2) is 7.96. The molecule has 1 aromatic carbocycles. The normalized spacial score (nSPS) is 20.9. The number of hydrogen-bond acceptors (Lipinski definition) is 3. The first kappa shape index (κ1) is 15.7. The average molecular weight is 301 g/mol. The Bertz CT molecular complexity index is 424. The molecule has 112 valence electrons. The van der Waals surface area contributed by atoms with E-state index in [1.54, 1.807) is 0 Å². The number of hydrogen-bond donors (Lipinski definition) is 1. The molecule has 0 amide bonds. The second-order valence-corrected chi connectivity index (χ2v) is 6.13. The van der Waals surface area contributed by atoms with Crippen molar-refractivity contribution in [1.82, 2.24) is 5.32 Å². The molecular weight excluding hydrogens is 280 g/mol. The molecule has 1 heterocycles. The number of ether oxygens (including phenoxy) is 1. The molecule has 1 aliphatic heterocycles. The second-order valence-electron chi connectivity index (χ2n) is 4.98. The van der Waals surface area contributed by atoms with Crippen LogP contribution in [-0.2, 0) is 11.2 Å². The average Bonchev–Trinajstić information content (AvgIpc) is 2.46. The van der Waals surface area contributed by atoms with E-state index >= 15 is 0 Å². The largest absolute Gasteiger partial charge is 0.375 e. The van der Waals surface area contributed by atoms with Crippen molar-refractivity contribution < 1.29 is 13.5 Å². The molecule has 1 saturated heterocycles. The summed E-state index contributed by atoms with van der Waals surface area (Å²) >= 11 is 1.86. The van der Waals surface area contributed by atoms with Crippen molar-refractivity contribution in [2.75, 3.05) is 24.7 Å². The highest BCUT2D eigenvalue weighted by atomic mass is 32.2. The third kappa shape index (κ3) is 4.43.